The summed E-state index contributed by atoms with van der Waals surface area (Å²) in [5, 5.41) is 18.7. The number of aliphatic hydroxyl groups is 1. The number of halogens is 3. The van der Waals surface area contributed by atoms with Crippen molar-refractivity contribution in [1.29, 1.82) is 5.26 Å². The zero-order chi connectivity index (χ0) is 26.6. The Bertz CT molecular complexity index is 1280. The van der Waals surface area contributed by atoms with E-state index in [0.717, 1.165) is 25.2 Å². The summed E-state index contributed by atoms with van der Waals surface area (Å²) in [4.78, 5) is 21.3. The number of benzene rings is 2. The third kappa shape index (κ3) is 6.25. The molecule has 4 rings (SSSR count). The molecule has 0 radical (unpaired) electrons. The number of piperazine rings is 1. The van der Waals surface area contributed by atoms with Crippen LogP contribution in [0.1, 0.15) is 16.7 Å². The van der Waals surface area contributed by atoms with Crippen LogP contribution in [0, 0.1) is 11.3 Å². The first-order valence-electron chi connectivity index (χ1n) is 11.3. The molecule has 2 aliphatic heterocycles. The van der Waals surface area contributed by atoms with Crippen molar-refractivity contribution in [2.24, 2.45) is 4.99 Å². The van der Waals surface area contributed by atoms with Gasteiger partial charge in [0.2, 0.25) is 0 Å². The number of methoxy groups -OCH3 is 1. The maximum atomic E-state index is 13.5. The first-order valence-corrected chi connectivity index (χ1v) is 12.1. The fourth-order valence-corrected chi connectivity index (χ4v) is 4.84. The second-order valence-corrected chi connectivity index (χ2v) is 9.20. The number of thioether (sulfide) groups is 1. The zero-order valence-electron chi connectivity index (χ0n) is 19.8. The van der Waals surface area contributed by atoms with E-state index in [1.807, 2.05) is 4.90 Å². The third-order valence-electron chi connectivity index (χ3n) is 5.79. The second kappa shape index (κ2) is 11.2. The van der Waals surface area contributed by atoms with Gasteiger partial charge in [-0.2, -0.15) is 23.4 Å². The van der Waals surface area contributed by atoms with Gasteiger partial charge in [-0.25, -0.2) is 0 Å². The van der Waals surface area contributed by atoms with Gasteiger partial charge in [-0.1, -0.05) is 6.07 Å². The number of amidine groups is 1. The topological polar surface area (TPSA) is 98.4 Å². The van der Waals surface area contributed by atoms with Gasteiger partial charge in [-0.3, -0.25) is 9.69 Å². The lowest BCUT2D eigenvalue weighted by molar-refractivity contribution is -0.138. The lowest BCUT2D eigenvalue weighted by Gasteiger charge is -2.34. The molecule has 12 heteroatoms. The molecule has 0 atom stereocenters. The molecule has 1 amide bonds. The third-order valence-corrected chi connectivity index (χ3v) is 6.83. The van der Waals surface area contributed by atoms with Crippen molar-refractivity contribution >= 4 is 28.9 Å². The molecule has 0 aromatic heterocycles. The fourth-order valence-electron chi connectivity index (χ4n) is 3.88. The summed E-state index contributed by atoms with van der Waals surface area (Å²) in [6.45, 7) is 3.64. The maximum absolute atomic E-state index is 13.5. The van der Waals surface area contributed by atoms with Crippen LogP contribution in [-0.4, -0.2) is 72.4 Å². The molecule has 0 aliphatic carbocycles. The molecule has 194 valence electrons. The van der Waals surface area contributed by atoms with E-state index in [2.05, 4.69) is 9.89 Å². The average molecular weight is 533 g/mol. The minimum atomic E-state index is -4.72. The standard InChI is InChI=1S/C25H23F3N4O4S/c1-35-21-13-16(2-5-20(21)36-19-4-3-17(15-29)12-18(19)25(26,27)28)14-22-23(34)30-24(37-22)32-8-6-31(7-9-32)10-11-33/h2-5,12-14,33H,6-11H2,1H3/b22-14-. The van der Waals surface area contributed by atoms with Crippen molar-refractivity contribution in [1.82, 2.24) is 9.80 Å². The predicted octanol–water partition coefficient (Wildman–Crippen LogP) is 3.96. The number of β-amino-alcohol motifs (C(OH)–C–C–N with tert-alkyl or cyclic N) is 1. The number of carbonyl (C=O) groups is 1. The Morgan fingerprint density at radius 1 is 1.14 bits per heavy atom. The van der Waals surface area contributed by atoms with Crippen molar-refractivity contribution in [3.63, 3.8) is 0 Å². The Labute approximate surface area is 215 Å². The van der Waals surface area contributed by atoms with Gasteiger partial charge in [0.15, 0.2) is 16.7 Å². The summed E-state index contributed by atoms with van der Waals surface area (Å²) in [6.07, 6.45) is -3.08. The number of carbonyl (C=O) groups excluding carboxylic acids is 1. The predicted molar refractivity (Wildman–Crippen MR) is 132 cm³/mol. The Morgan fingerprint density at radius 3 is 2.51 bits per heavy atom. The highest BCUT2D eigenvalue weighted by atomic mass is 32.2. The minimum absolute atomic E-state index is 0.0444. The lowest BCUT2D eigenvalue weighted by Crippen LogP contribution is -2.48. The van der Waals surface area contributed by atoms with E-state index < -0.39 is 17.5 Å². The van der Waals surface area contributed by atoms with E-state index in [1.165, 1.54) is 31.0 Å². The molecule has 1 saturated heterocycles. The van der Waals surface area contributed by atoms with Crippen molar-refractivity contribution in [3.05, 3.63) is 58.0 Å². The molecule has 8 nitrogen and oxygen atoms in total. The molecule has 0 spiro atoms. The van der Waals surface area contributed by atoms with Gasteiger partial charge < -0.3 is 19.5 Å². The smallest absolute Gasteiger partial charge is 0.420 e. The van der Waals surface area contributed by atoms with Gasteiger partial charge in [0.25, 0.3) is 5.91 Å². The first kappa shape index (κ1) is 26.5. The highest BCUT2D eigenvalue weighted by Gasteiger charge is 2.35. The number of nitrogens with zero attached hydrogens (tertiary/aromatic N) is 4. The number of alkyl halides is 3. The Hall–Kier alpha value is -3.53. The summed E-state index contributed by atoms with van der Waals surface area (Å²) in [5.74, 6) is -0.620. The number of nitriles is 1. The van der Waals surface area contributed by atoms with Crippen molar-refractivity contribution in [3.8, 4) is 23.3 Å². The molecule has 1 fully saturated rings. The van der Waals surface area contributed by atoms with Gasteiger partial charge in [0.05, 0.1) is 35.8 Å². The molecule has 1 N–H and O–H groups in total. The Morgan fingerprint density at radius 2 is 1.86 bits per heavy atom. The van der Waals surface area contributed by atoms with Crippen molar-refractivity contribution < 1.29 is 32.5 Å². The molecule has 2 heterocycles. The summed E-state index contributed by atoms with van der Waals surface area (Å²) < 4.78 is 51.4. The second-order valence-electron chi connectivity index (χ2n) is 8.20. The monoisotopic (exact) mass is 532 g/mol. The number of ether oxygens (including phenoxy) is 2. The quantitative estimate of drug-likeness (QED) is 0.559. The van der Waals surface area contributed by atoms with Crippen molar-refractivity contribution in [2.75, 3.05) is 46.4 Å². The van der Waals surface area contributed by atoms with Gasteiger partial charge in [-0.05, 0) is 53.7 Å². The van der Waals surface area contributed by atoms with Gasteiger partial charge in [-0.15, -0.1) is 0 Å². The summed E-state index contributed by atoms with van der Waals surface area (Å²) in [5.41, 5.74) is -0.629. The Balaban J connectivity index is 1.50. The van der Waals surface area contributed by atoms with Gasteiger partial charge in [0, 0.05) is 32.7 Å². The van der Waals surface area contributed by atoms with Crippen LogP contribution in [0.4, 0.5) is 13.2 Å². The normalized spacial score (nSPS) is 17.6. The molecule has 0 unspecified atom stereocenters. The molecule has 0 bridgehead atoms. The molecular formula is C25H23F3N4O4S. The van der Waals surface area contributed by atoms with Crippen LogP contribution >= 0.6 is 11.8 Å². The van der Waals surface area contributed by atoms with Crippen LogP contribution in [0.3, 0.4) is 0 Å². The van der Waals surface area contributed by atoms with E-state index in [1.54, 1.807) is 24.3 Å². The van der Waals surface area contributed by atoms with Crippen molar-refractivity contribution in [2.45, 2.75) is 6.18 Å². The van der Waals surface area contributed by atoms with Crippen LogP contribution in [0.25, 0.3) is 6.08 Å². The van der Waals surface area contributed by atoms with E-state index in [4.69, 9.17) is 19.8 Å². The number of hydrogen-bond acceptors (Lipinski definition) is 8. The fraction of sp³-hybridized carbons (Fsp3) is 0.320. The largest absolute Gasteiger partial charge is 0.493 e. The first-order chi connectivity index (χ1) is 17.7. The van der Waals surface area contributed by atoms with Crippen LogP contribution in [-0.2, 0) is 11.0 Å². The summed E-state index contributed by atoms with van der Waals surface area (Å²) >= 11 is 1.26. The van der Waals surface area contributed by atoms with Crippen LogP contribution in [0.5, 0.6) is 17.2 Å². The van der Waals surface area contributed by atoms with Crippen LogP contribution < -0.4 is 9.47 Å². The highest BCUT2D eigenvalue weighted by Crippen LogP contribution is 2.41. The molecular weight excluding hydrogens is 509 g/mol. The van der Waals surface area contributed by atoms with E-state index >= 15 is 0 Å². The minimum Gasteiger partial charge on any atom is -0.493 e. The highest BCUT2D eigenvalue weighted by molar-refractivity contribution is 8.18. The Kier molecular flexibility index (Phi) is 8.06. The SMILES string of the molecule is COc1cc(/C=C2\SC(N3CCN(CCO)CC3)=NC2=O)ccc1Oc1ccc(C#N)cc1C(F)(F)F. The van der Waals surface area contributed by atoms with E-state index in [9.17, 15) is 18.0 Å². The maximum Gasteiger partial charge on any atom is 0.420 e. The lowest BCUT2D eigenvalue weighted by atomic mass is 10.1. The van der Waals surface area contributed by atoms with Crippen LogP contribution in [0.2, 0.25) is 0 Å². The average Bonchev–Trinajstić information content (AvgIpc) is 3.25. The molecule has 2 aromatic rings. The molecule has 2 aromatic carbocycles. The molecule has 37 heavy (non-hydrogen) atoms. The van der Waals surface area contributed by atoms with Gasteiger partial charge >= 0.3 is 6.18 Å². The van der Waals surface area contributed by atoms with Crippen LogP contribution in [0.15, 0.2) is 46.3 Å². The molecule has 2 aliphatic rings. The summed E-state index contributed by atoms with van der Waals surface area (Å²) in [7, 11) is 1.36. The number of aliphatic imine (C=N–C) groups is 1. The van der Waals surface area contributed by atoms with Gasteiger partial charge in [0.1, 0.15) is 5.75 Å². The number of rotatable bonds is 6. The zero-order valence-corrected chi connectivity index (χ0v) is 20.6. The molecule has 0 saturated carbocycles. The number of hydrogen-bond donors (Lipinski definition) is 1. The summed E-state index contributed by atoms with van der Waals surface area (Å²) in [6, 6.07) is 9.36. The van der Waals surface area contributed by atoms with E-state index in [0.29, 0.717) is 35.3 Å². The van der Waals surface area contributed by atoms with E-state index in [-0.39, 0.29) is 29.6 Å². The number of aliphatic hydroxyl groups excluding tert-OH is 1. The number of amides is 1.